The summed E-state index contributed by atoms with van der Waals surface area (Å²) in [6.07, 6.45) is 8.79. The van der Waals surface area contributed by atoms with Crippen LogP contribution in [0, 0.1) is 5.92 Å². The van der Waals surface area contributed by atoms with E-state index in [-0.39, 0.29) is 0 Å². The van der Waals surface area contributed by atoms with Crippen LogP contribution in [0.3, 0.4) is 0 Å². The molecule has 0 amide bonds. The molecule has 5 rings (SSSR count). The molecule has 0 atom stereocenters. The molecule has 27 heavy (non-hydrogen) atoms. The van der Waals surface area contributed by atoms with Crippen LogP contribution in [0.2, 0.25) is 0 Å². The number of aromatic amines is 1. The van der Waals surface area contributed by atoms with Crippen LogP contribution in [0.5, 0.6) is 0 Å². The number of imidazole rings is 1. The first-order chi connectivity index (χ1) is 13.4. The fourth-order valence-electron chi connectivity index (χ4n) is 3.84. The number of pyridine rings is 1. The lowest BCUT2D eigenvalue weighted by atomic mass is 9.96. The van der Waals surface area contributed by atoms with E-state index in [2.05, 4.69) is 30.2 Å². The van der Waals surface area contributed by atoms with E-state index in [0.29, 0.717) is 5.65 Å². The van der Waals surface area contributed by atoms with E-state index >= 15 is 0 Å². The molecule has 0 unspecified atom stereocenters. The lowest BCUT2D eigenvalue weighted by molar-refractivity contribution is 0.0645. The SMILES string of the molecule is c1nc2ncc(-c3cnc4c(n3)N(CCC3CCOCC3)CCN4)cc2[nH]1. The van der Waals surface area contributed by atoms with Gasteiger partial charge in [0.25, 0.3) is 0 Å². The Balaban J connectivity index is 1.39. The van der Waals surface area contributed by atoms with Crippen LogP contribution in [0.25, 0.3) is 22.4 Å². The van der Waals surface area contributed by atoms with Crippen molar-refractivity contribution < 1.29 is 4.74 Å². The molecule has 0 radical (unpaired) electrons. The Morgan fingerprint density at radius 2 is 2.07 bits per heavy atom. The molecule has 2 N–H and O–H groups in total. The van der Waals surface area contributed by atoms with Crippen molar-refractivity contribution in [3.63, 3.8) is 0 Å². The summed E-state index contributed by atoms with van der Waals surface area (Å²) in [5, 5.41) is 3.37. The Bertz CT molecular complexity index is 935. The lowest BCUT2D eigenvalue weighted by Gasteiger charge is -2.32. The van der Waals surface area contributed by atoms with Gasteiger partial charge in [0.05, 0.1) is 23.7 Å². The Morgan fingerprint density at radius 1 is 1.15 bits per heavy atom. The molecule has 2 aliphatic rings. The highest BCUT2D eigenvalue weighted by atomic mass is 16.5. The van der Waals surface area contributed by atoms with Gasteiger partial charge in [0, 0.05) is 44.6 Å². The minimum atomic E-state index is 0.712. The van der Waals surface area contributed by atoms with E-state index in [4.69, 9.17) is 9.72 Å². The predicted octanol–water partition coefficient (Wildman–Crippen LogP) is 2.46. The Morgan fingerprint density at radius 3 is 3.00 bits per heavy atom. The zero-order valence-corrected chi connectivity index (χ0v) is 15.2. The van der Waals surface area contributed by atoms with Gasteiger partial charge in [0.2, 0.25) is 0 Å². The molecule has 8 heteroatoms. The van der Waals surface area contributed by atoms with Crippen molar-refractivity contribution in [2.45, 2.75) is 19.3 Å². The second-order valence-corrected chi connectivity index (χ2v) is 7.18. The van der Waals surface area contributed by atoms with Gasteiger partial charge >= 0.3 is 0 Å². The summed E-state index contributed by atoms with van der Waals surface area (Å²) in [5.41, 5.74) is 3.39. The number of nitrogens with zero attached hydrogens (tertiary/aromatic N) is 5. The van der Waals surface area contributed by atoms with Crippen LogP contribution in [0.15, 0.2) is 24.8 Å². The molecule has 5 heterocycles. The van der Waals surface area contributed by atoms with Gasteiger partial charge in [-0.15, -0.1) is 0 Å². The van der Waals surface area contributed by atoms with Gasteiger partial charge in [-0.1, -0.05) is 0 Å². The molecule has 1 saturated heterocycles. The minimum absolute atomic E-state index is 0.712. The molecular weight excluding hydrogens is 342 g/mol. The maximum Gasteiger partial charge on any atom is 0.177 e. The normalized spacial score (nSPS) is 17.7. The van der Waals surface area contributed by atoms with Crippen molar-refractivity contribution >= 4 is 22.8 Å². The van der Waals surface area contributed by atoms with Gasteiger partial charge in [-0.25, -0.2) is 19.9 Å². The number of aromatic nitrogens is 5. The van der Waals surface area contributed by atoms with Crippen molar-refractivity contribution in [3.05, 3.63) is 24.8 Å². The third kappa shape index (κ3) is 3.32. The fourth-order valence-corrected chi connectivity index (χ4v) is 3.84. The Kier molecular flexibility index (Phi) is 4.33. The smallest absolute Gasteiger partial charge is 0.177 e. The molecular formula is C19H23N7O. The molecule has 3 aromatic heterocycles. The fraction of sp³-hybridized carbons (Fsp3) is 0.474. The summed E-state index contributed by atoms with van der Waals surface area (Å²) < 4.78 is 5.48. The predicted molar refractivity (Wildman–Crippen MR) is 104 cm³/mol. The van der Waals surface area contributed by atoms with Crippen LogP contribution < -0.4 is 10.2 Å². The van der Waals surface area contributed by atoms with Crippen LogP contribution in [0.1, 0.15) is 19.3 Å². The number of anilines is 2. The van der Waals surface area contributed by atoms with Crippen molar-refractivity contribution in [1.29, 1.82) is 0 Å². The first-order valence-electron chi connectivity index (χ1n) is 9.60. The standard InChI is InChI=1S/C19H23N7O/c1(13-2-7-27-8-3-13)5-26-6-4-20-18-19(26)25-16(11-22-18)14-9-15-17(21-10-14)24-12-23-15/h9-13H,1-8H2,(H,20,22)(H,21,23,24). The lowest BCUT2D eigenvalue weighted by Crippen LogP contribution is -2.37. The number of hydrogen-bond acceptors (Lipinski definition) is 7. The summed E-state index contributed by atoms with van der Waals surface area (Å²) >= 11 is 0. The summed E-state index contributed by atoms with van der Waals surface area (Å²) in [5.74, 6) is 2.56. The van der Waals surface area contributed by atoms with Crippen molar-refractivity contribution in [2.24, 2.45) is 5.92 Å². The Hall–Kier alpha value is -2.74. The number of H-pyrrole nitrogens is 1. The number of nitrogens with one attached hydrogen (secondary N) is 2. The van der Waals surface area contributed by atoms with Crippen LogP contribution in [-0.4, -0.2) is 57.8 Å². The van der Waals surface area contributed by atoms with E-state index < -0.39 is 0 Å². The van der Waals surface area contributed by atoms with Gasteiger partial charge in [0.1, 0.15) is 0 Å². The van der Waals surface area contributed by atoms with Crippen molar-refractivity contribution in [1.82, 2.24) is 24.9 Å². The van der Waals surface area contributed by atoms with E-state index in [1.807, 2.05) is 18.5 Å². The van der Waals surface area contributed by atoms with Gasteiger partial charge in [0.15, 0.2) is 17.3 Å². The second-order valence-electron chi connectivity index (χ2n) is 7.18. The maximum atomic E-state index is 5.48. The monoisotopic (exact) mass is 365 g/mol. The van der Waals surface area contributed by atoms with Crippen LogP contribution >= 0.6 is 0 Å². The number of rotatable bonds is 4. The number of ether oxygens (including phenoxy) is 1. The first-order valence-corrected chi connectivity index (χ1v) is 9.60. The topological polar surface area (TPSA) is 91.8 Å². The highest BCUT2D eigenvalue weighted by Gasteiger charge is 2.22. The van der Waals surface area contributed by atoms with E-state index in [9.17, 15) is 0 Å². The largest absolute Gasteiger partial charge is 0.381 e. The van der Waals surface area contributed by atoms with Crippen LogP contribution in [-0.2, 0) is 4.74 Å². The Labute approximate surface area is 157 Å². The zero-order chi connectivity index (χ0) is 18.1. The van der Waals surface area contributed by atoms with Gasteiger partial charge < -0.3 is 19.9 Å². The van der Waals surface area contributed by atoms with Crippen LogP contribution in [0.4, 0.5) is 11.6 Å². The quantitative estimate of drug-likeness (QED) is 0.734. The number of fused-ring (bicyclic) bond motifs is 2. The minimum Gasteiger partial charge on any atom is -0.381 e. The summed E-state index contributed by atoms with van der Waals surface area (Å²) in [6, 6.07) is 2.02. The maximum absolute atomic E-state index is 5.48. The molecule has 0 spiro atoms. The molecule has 0 bridgehead atoms. The van der Waals surface area contributed by atoms with E-state index in [0.717, 1.165) is 67.2 Å². The first kappa shape index (κ1) is 16.4. The summed E-state index contributed by atoms with van der Waals surface area (Å²) in [4.78, 5) is 23.6. The second kappa shape index (κ2) is 7.11. The van der Waals surface area contributed by atoms with E-state index in [1.54, 1.807) is 6.33 Å². The highest BCUT2D eigenvalue weighted by Crippen LogP contribution is 2.29. The average Bonchev–Trinajstić information content (AvgIpc) is 3.20. The third-order valence-corrected chi connectivity index (χ3v) is 5.45. The molecule has 3 aromatic rings. The van der Waals surface area contributed by atoms with Crippen molar-refractivity contribution in [2.75, 3.05) is 43.1 Å². The van der Waals surface area contributed by atoms with Gasteiger partial charge in [-0.05, 0) is 31.2 Å². The summed E-state index contributed by atoms with van der Waals surface area (Å²) in [6.45, 7) is 4.66. The molecule has 0 aromatic carbocycles. The third-order valence-electron chi connectivity index (χ3n) is 5.45. The van der Waals surface area contributed by atoms with Crippen molar-refractivity contribution in [3.8, 4) is 11.3 Å². The molecule has 1 fully saturated rings. The van der Waals surface area contributed by atoms with Gasteiger partial charge in [-0.3, -0.25) is 0 Å². The molecule has 8 nitrogen and oxygen atoms in total. The summed E-state index contributed by atoms with van der Waals surface area (Å²) in [7, 11) is 0. The molecule has 140 valence electrons. The highest BCUT2D eigenvalue weighted by molar-refractivity contribution is 5.77. The van der Waals surface area contributed by atoms with Gasteiger partial charge in [-0.2, -0.15) is 0 Å². The van der Waals surface area contributed by atoms with E-state index in [1.165, 1.54) is 19.3 Å². The zero-order valence-electron chi connectivity index (χ0n) is 15.2. The number of hydrogen-bond donors (Lipinski definition) is 2. The molecule has 0 saturated carbocycles. The molecule has 2 aliphatic heterocycles. The average molecular weight is 365 g/mol. The molecule has 0 aliphatic carbocycles.